The number of ether oxygens (including phenoxy) is 1. The highest BCUT2D eigenvalue weighted by Crippen LogP contribution is 2.28. The molecule has 7 nitrogen and oxygen atoms in total. The van der Waals surface area contributed by atoms with Gasteiger partial charge in [-0.1, -0.05) is 35.9 Å². The van der Waals surface area contributed by atoms with E-state index in [0.29, 0.717) is 5.56 Å². The third-order valence-electron chi connectivity index (χ3n) is 5.10. The van der Waals surface area contributed by atoms with Crippen LogP contribution < -0.4 is 10.3 Å². The lowest BCUT2D eigenvalue weighted by atomic mass is 10.2. The third-order valence-corrected chi connectivity index (χ3v) is 6.78. The minimum absolute atomic E-state index is 0.104. The van der Waals surface area contributed by atoms with Crippen molar-refractivity contribution in [3.63, 3.8) is 0 Å². The quantitative estimate of drug-likeness (QED) is 0.392. The first-order chi connectivity index (χ1) is 16.2. The average molecular weight is 476 g/mol. The molecule has 4 aromatic rings. The Bertz CT molecular complexity index is 1650. The van der Waals surface area contributed by atoms with Crippen LogP contribution in [0.1, 0.15) is 16.7 Å². The van der Waals surface area contributed by atoms with Gasteiger partial charge in [-0.3, -0.25) is 9.20 Å². The molecule has 0 saturated carbocycles. The third kappa shape index (κ3) is 4.19. The first kappa shape index (κ1) is 22.9. The SMILES string of the molecule is Cc1ccc(S(=O)(=O)/C(C#N)=C/c2c(Oc3ccccc3F)nc3c(C)cccn3c2=O)cc1. The molecule has 2 aromatic heterocycles. The molecule has 0 saturated heterocycles. The molecule has 170 valence electrons. The summed E-state index contributed by atoms with van der Waals surface area (Å²) < 4.78 is 47.3. The number of pyridine rings is 1. The zero-order valence-electron chi connectivity index (χ0n) is 18.2. The van der Waals surface area contributed by atoms with Crippen LogP contribution in [0.15, 0.2) is 81.5 Å². The van der Waals surface area contributed by atoms with E-state index in [4.69, 9.17) is 4.74 Å². The number of rotatable bonds is 5. The maximum atomic E-state index is 14.3. The van der Waals surface area contributed by atoms with Crippen molar-refractivity contribution in [3.8, 4) is 17.7 Å². The number of fused-ring (bicyclic) bond motifs is 1. The molecule has 9 heteroatoms. The van der Waals surface area contributed by atoms with Gasteiger partial charge in [0.2, 0.25) is 15.7 Å². The molecule has 2 heterocycles. The van der Waals surface area contributed by atoms with Gasteiger partial charge in [0, 0.05) is 6.20 Å². The molecule has 0 unspecified atom stereocenters. The van der Waals surface area contributed by atoms with E-state index in [2.05, 4.69) is 4.98 Å². The molecule has 0 radical (unpaired) electrons. The molecule has 0 N–H and O–H groups in total. The Morgan fingerprint density at radius 3 is 2.47 bits per heavy atom. The molecule has 0 aliphatic heterocycles. The highest BCUT2D eigenvalue weighted by molar-refractivity contribution is 7.95. The van der Waals surface area contributed by atoms with Crippen molar-refractivity contribution >= 4 is 21.6 Å². The van der Waals surface area contributed by atoms with Crippen molar-refractivity contribution in [2.24, 2.45) is 0 Å². The number of halogens is 1. The first-order valence-corrected chi connectivity index (χ1v) is 11.6. The van der Waals surface area contributed by atoms with E-state index < -0.39 is 26.1 Å². The highest BCUT2D eigenvalue weighted by atomic mass is 32.2. The number of sulfone groups is 1. The van der Waals surface area contributed by atoms with Crippen LogP contribution in [-0.4, -0.2) is 17.8 Å². The van der Waals surface area contributed by atoms with Crippen LogP contribution in [0.4, 0.5) is 4.39 Å². The fourth-order valence-corrected chi connectivity index (χ4v) is 4.41. The Morgan fingerprint density at radius 2 is 1.79 bits per heavy atom. The Morgan fingerprint density at radius 1 is 1.09 bits per heavy atom. The fraction of sp³-hybridized carbons (Fsp3) is 0.0800. The van der Waals surface area contributed by atoms with Crippen LogP contribution in [0.5, 0.6) is 11.6 Å². The van der Waals surface area contributed by atoms with Gasteiger partial charge in [-0.25, -0.2) is 12.8 Å². The zero-order chi connectivity index (χ0) is 24.5. The summed E-state index contributed by atoms with van der Waals surface area (Å²) in [5.74, 6) is -1.23. The molecule has 0 atom stereocenters. The molecule has 0 bridgehead atoms. The monoisotopic (exact) mass is 475 g/mol. The van der Waals surface area contributed by atoms with Crippen LogP contribution in [0, 0.1) is 31.0 Å². The Hall–Kier alpha value is -4.29. The fourth-order valence-electron chi connectivity index (χ4n) is 3.27. The van der Waals surface area contributed by atoms with Gasteiger partial charge in [0.15, 0.2) is 11.6 Å². The summed E-state index contributed by atoms with van der Waals surface area (Å²) in [6, 6.07) is 16.5. The molecular weight excluding hydrogens is 457 g/mol. The molecular formula is C25H18FN3O4S. The summed E-state index contributed by atoms with van der Waals surface area (Å²) in [6.45, 7) is 3.53. The number of nitriles is 1. The maximum Gasteiger partial charge on any atom is 0.269 e. The summed E-state index contributed by atoms with van der Waals surface area (Å²) in [4.78, 5) is 16.9. The van der Waals surface area contributed by atoms with Crippen molar-refractivity contribution < 1.29 is 17.5 Å². The van der Waals surface area contributed by atoms with Crippen molar-refractivity contribution in [1.29, 1.82) is 5.26 Å². The molecule has 34 heavy (non-hydrogen) atoms. The number of aryl methyl sites for hydroxylation is 2. The second kappa shape index (κ2) is 8.92. The van der Waals surface area contributed by atoms with Gasteiger partial charge in [-0.15, -0.1) is 0 Å². The molecule has 0 aliphatic carbocycles. The van der Waals surface area contributed by atoms with E-state index in [-0.39, 0.29) is 27.7 Å². The van der Waals surface area contributed by atoms with Gasteiger partial charge in [-0.05, 0) is 55.8 Å². The molecule has 4 rings (SSSR count). The normalized spacial score (nSPS) is 11.9. The van der Waals surface area contributed by atoms with E-state index in [1.165, 1.54) is 47.0 Å². The van der Waals surface area contributed by atoms with Gasteiger partial charge in [0.25, 0.3) is 5.56 Å². The topological polar surface area (TPSA) is 102 Å². The predicted octanol–water partition coefficient (Wildman–Crippen LogP) is 4.58. The summed E-state index contributed by atoms with van der Waals surface area (Å²) >= 11 is 0. The highest BCUT2D eigenvalue weighted by Gasteiger charge is 2.24. The number of para-hydroxylation sites is 1. The van der Waals surface area contributed by atoms with Crippen LogP contribution >= 0.6 is 0 Å². The minimum Gasteiger partial charge on any atom is -0.435 e. The number of hydrogen-bond donors (Lipinski definition) is 0. The van der Waals surface area contributed by atoms with Crippen LogP contribution in [0.3, 0.4) is 0 Å². The van der Waals surface area contributed by atoms with Gasteiger partial charge in [-0.2, -0.15) is 10.2 Å². The number of aromatic nitrogens is 2. The molecule has 0 aliphatic rings. The van der Waals surface area contributed by atoms with Crippen molar-refractivity contribution in [2.45, 2.75) is 18.7 Å². The smallest absolute Gasteiger partial charge is 0.269 e. The minimum atomic E-state index is -4.25. The van der Waals surface area contributed by atoms with Gasteiger partial charge in [0.1, 0.15) is 22.2 Å². The van der Waals surface area contributed by atoms with E-state index >= 15 is 0 Å². The van der Waals surface area contributed by atoms with E-state index in [1.807, 2.05) is 0 Å². The van der Waals surface area contributed by atoms with Crippen molar-refractivity contribution in [3.05, 3.63) is 105 Å². The summed E-state index contributed by atoms with van der Waals surface area (Å²) in [5.41, 5.74) is 0.747. The number of benzene rings is 2. The lowest BCUT2D eigenvalue weighted by Crippen LogP contribution is -2.20. The average Bonchev–Trinajstić information content (AvgIpc) is 2.81. The zero-order valence-corrected chi connectivity index (χ0v) is 19.0. The van der Waals surface area contributed by atoms with Crippen molar-refractivity contribution in [2.75, 3.05) is 0 Å². The second-order valence-electron chi connectivity index (χ2n) is 7.49. The Balaban J connectivity index is 1.98. The first-order valence-electron chi connectivity index (χ1n) is 10.1. The Kier molecular flexibility index (Phi) is 6.01. The largest absolute Gasteiger partial charge is 0.435 e. The number of nitrogens with zero attached hydrogens (tertiary/aromatic N) is 3. The van der Waals surface area contributed by atoms with Gasteiger partial charge < -0.3 is 4.74 Å². The van der Waals surface area contributed by atoms with Crippen LogP contribution in [-0.2, 0) is 9.84 Å². The summed E-state index contributed by atoms with van der Waals surface area (Å²) in [5, 5.41) is 9.68. The van der Waals surface area contributed by atoms with Crippen LogP contribution in [0.25, 0.3) is 11.7 Å². The lowest BCUT2D eigenvalue weighted by molar-refractivity contribution is 0.426. The van der Waals surface area contributed by atoms with E-state index in [1.54, 1.807) is 44.2 Å². The number of allylic oxidation sites excluding steroid dienone is 1. The molecule has 0 amide bonds. The Labute approximate surface area is 194 Å². The molecule has 0 spiro atoms. The molecule has 0 fully saturated rings. The van der Waals surface area contributed by atoms with Gasteiger partial charge in [0.05, 0.1) is 4.90 Å². The molecule has 2 aromatic carbocycles. The van der Waals surface area contributed by atoms with Crippen molar-refractivity contribution in [1.82, 2.24) is 9.38 Å². The van der Waals surface area contributed by atoms with E-state index in [0.717, 1.165) is 11.6 Å². The summed E-state index contributed by atoms with van der Waals surface area (Å²) in [7, 11) is -4.25. The van der Waals surface area contributed by atoms with E-state index in [9.17, 15) is 22.9 Å². The standard InChI is InChI=1S/C25H18FN3O4S/c1-16-9-11-18(12-10-16)34(31,32)19(15-27)14-20-24(33-22-8-4-3-7-21(22)26)28-23-17(2)6-5-13-29(23)25(20)30/h3-14H,1-2H3/b19-14+. The summed E-state index contributed by atoms with van der Waals surface area (Å²) in [6.07, 6.45) is 2.37. The predicted molar refractivity (Wildman–Crippen MR) is 125 cm³/mol. The second-order valence-corrected chi connectivity index (χ2v) is 9.41. The van der Waals surface area contributed by atoms with Crippen LogP contribution in [0.2, 0.25) is 0 Å². The lowest BCUT2D eigenvalue weighted by Gasteiger charge is -2.12. The maximum absolute atomic E-state index is 14.3. The van der Waals surface area contributed by atoms with Gasteiger partial charge >= 0.3 is 0 Å². The number of hydrogen-bond acceptors (Lipinski definition) is 6.